The minimum absolute atomic E-state index is 0.253. The van der Waals surface area contributed by atoms with Crippen LogP contribution in [0.15, 0.2) is 0 Å². The summed E-state index contributed by atoms with van der Waals surface area (Å²) >= 11 is 0. The van der Waals surface area contributed by atoms with E-state index in [1.165, 1.54) is 0 Å². The highest BCUT2D eigenvalue weighted by Crippen LogP contribution is 2.40. The van der Waals surface area contributed by atoms with Gasteiger partial charge in [0.15, 0.2) is 5.79 Å². The summed E-state index contributed by atoms with van der Waals surface area (Å²) < 4.78 is 47.2. The molecule has 2 nitrogen and oxygen atoms in total. The molecule has 2 fully saturated rings. The fourth-order valence-electron chi connectivity index (χ4n) is 2.78. The molecule has 100 valence electrons. The van der Waals surface area contributed by atoms with E-state index in [0.717, 1.165) is 25.7 Å². The largest absolute Gasteiger partial charge is 0.389 e. The average Bonchev–Trinajstić information content (AvgIpc) is 2.68. The van der Waals surface area contributed by atoms with E-state index in [2.05, 4.69) is 0 Å². The molecule has 1 heterocycles. The quantitative estimate of drug-likeness (QED) is 0.763. The van der Waals surface area contributed by atoms with Gasteiger partial charge in [0.05, 0.1) is 13.2 Å². The van der Waals surface area contributed by atoms with Crippen LogP contribution in [0.3, 0.4) is 0 Å². The molecule has 1 aliphatic heterocycles. The Hall–Kier alpha value is -0.290. The lowest BCUT2D eigenvalue weighted by molar-refractivity contribution is -0.183. The molecule has 2 rings (SSSR count). The standard InChI is InChI=1S/C12H19F3O2/c13-12(14,15)5-1-2-10-3-6-11(7-4-10)16-8-9-17-11/h10H,1-9H2. The SMILES string of the molecule is FC(F)(F)CCCC1CCC2(CC1)OCCO2. The zero-order valence-electron chi connectivity index (χ0n) is 9.89. The third-order valence-corrected chi connectivity index (χ3v) is 3.75. The molecule has 0 N–H and O–H groups in total. The molecule has 0 aromatic rings. The van der Waals surface area contributed by atoms with Crippen molar-refractivity contribution in [2.45, 2.75) is 56.9 Å². The fourth-order valence-corrected chi connectivity index (χ4v) is 2.78. The van der Waals surface area contributed by atoms with Gasteiger partial charge in [0.25, 0.3) is 0 Å². The van der Waals surface area contributed by atoms with Crippen molar-refractivity contribution in [1.82, 2.24) is 0 Å². The van der Waals surface area contributed by atoms with Crippen molar-refractivity contribution < 1.29 is 22.6 Å². The van der Waals surface area contributed by atoms with Gasteiger partial charge in [-0.05, 0) is 25.2 Å². The molecule has 0 aromatic carbocycles. The van der Waals surface area contributed by atoms with Crippen molar-refractivity contribution in [3.63, 3.8) is 0 Å². The second kappa shape index (κ2) is 5.14. The van der Waals surface area contributed by atoms with Crippen LogP contribution in [0.2, 0.25) is 0 Å². The third-order valence-electron chi connectivity index (χ3n) is 3.75. The van der Waals surface area contributed by atoms with Gasteiger partial charge in [-0.25, -0.2) is 0 Å². The summed E-state index contributed by atoms with van der Waals surface area (Å²) in [6.45, 7) is 1.30. The van der Waals surface area contributed by atoms with E-state index < -0.39 is 12.6 Å². The first-order valence-corrected chi connectivity index (χ1v) is 6.34. The summed E-state index contributed by atoms with van der Waals surface area (Å²) in [6, 6.07) is 0. The Labute approximate surface area is 99.5 Å². The van der Waals surface area contributed by atoms with Gasteiger partial charge in [0.1, 0.15) is 0 Å². The van der Waals surface area contributed by atoms with Crippen molar-refractivity contribution in [1.29, 1.82) is 0 Å². The van der Waals surface area contributed by atoms with Crippen LogP contribution in [-0.4, -0.2) is 25.2 Å². The molecule has 5 heteroatoms. The predicted molar refractivity (Wildman–Crippen MR) is 56.5 cm³/mol. The van der Waals surface area contributed by atoms with Crippen LogP contribution < -0.4 is 0 Å². The number of halogens is 3. The highest BCUT2D eigenvalue weighted by atomic mass is 19.4. The van der Waals surface area contributed by atoms with Crippen LogP contribution >= 0.6 is 0 Å². The minimum atomic E-state index is -4.01. The van der Waals surface area contributed by atoms with Gasteiger partial charge in [0.2, 0.25) is 0 Å². The lowest BCUT2D eigenvalue weighted by Crippen LogP contribution is -2.35. The van der Waals surface area contributed by atoms with Gasteiger partial charge in [0, 0.05) is 19.3 Å². The van der Waals surface area contributed by atoms with Crippen molar-refractivity contribution in [2.75, 3.05) is 13.2 Å². The maximum absolute atomic E-state index is 12.0. The van der Waals surface area contributed by atoms with Crippen molar-refractivity contribution in [3.05, 3.63) is 0 Å². The summed E-state index contributed by atoms with van der Waals surface area (Å²) in [4.78, 5) is 0. The monoisotopic (exact) mass is 252 g/mol. The lowest BCUT2D eigenvalue weighted by Gasteiger charge is -2.35. The predicted octanol–water partition coefficient (Wildman–Crippen LogP) is 3.65. The Morgan fingerprint density at radius 3 is 2.18 bits per heavy atom. The Morgan fingerprint density at radius 1 is 1.06 bits per heavy atom. The van der Waals surface area contributed by atoms with E-state index in [4.69, 9.17) is 9.47 Å². The Bertz CT molecular complexity index is 237. The lowest BCUT2D eigenvalue weighted by atomic mass is 9.82. The first kappa shape index (κ1) is 13.1. The van der Waals surface area contributed by atoms with Gasteiger partial charge in [-0.1, -0.05) is 6.42 Å². The van der Waals surface area contributed by atoms with Crippen LogP contribution in [0.25, 0.3) is 0 Å². The Morgan fingerprint density at radius 2 is 1.65 bits per heavy atom. The summed E-state index contributed by atoms with van der Waals surface area (Å²) in [7, 11) is 0. The number of hydrogen-bond acceptors (Lipinski definition) is 2. The highest BCUT2D eigenvalue weighted by Gasteiger charge is 2.40. The summed E-state index contributed by atoms with van der Waals surface area (Å²) in [6.07, 6.45) is -0.198. The second-order valence-electron chi connectivity index (χ2n) is 5.06. The van der Waals surface area contributed by atoms with Gasteiger partial charge in [-0.2, -0.15) is 13.2 Å². The second-order valence-corrected chi connectivity index (χ2v) is 5.06. The molecule has 0 atom stereocenters. The number of alkyl halides is 3. The van der Waals surface area contributed by atoms with Crippen molar-refractivity contribution in [3.8, 4) is 0 Å². The average molecular weight is 252 g/mol. The van der Waals surface area contributed by atoms with Crippen LogP contribution in [-0.2, 0) is 9.47 Å². The van der Waals surface area contributed by atoms with Crippen molar-refractivity contribution in [2.24, 2.45) is 5.92 Å². The molecule has 2 aliphatic rings. The molecule has 1 aliphatic carbocycles. The highest BCUT2D eigenvalue weighted by molar-refractivity contribution is 4.82. The van der Waals surface area contributed by atoms with E-state index in [1.807, 2.05) is 0 Å². The van der Waals surface area contributed by atoms with Crippen LogP contribution in [0.4, 0.5) is 13.2 Å². The molecular formula is C12H19F3O2. The summed E-state index contributed by atoms with van der Waals surface area (Å²) in [5.41, 5.74) is 0. The van der Waals surface area contributed by atoms with E-state index >= 15 is 0 Å². The van der Waals surface area contributed by atoms with Crippen LogP contribution in [0.5, 0.6) is 0 Å². The van der Waals surface area contributed by atoms with E-state index in [-0.39, 0.29) is 12.2 Å². The fraction of sp³-hybridized carbons (Fsp3) is 1.00. The van der Waals surface area contributed by atoms with Gasteiger partial charge >= 0.3 is 6.18 Å². The number of rotatable bonds is 3. The molecule has 0 aromatic heterocycles. The van der Waals surface area contributed by atoms with Crippen LogP contribution in [0, 0.1) is 5.92 Å². The van der Waals surface area contributed by atoms with E-state index in [1.54, 1.807) is 0 Å². The zero-order valence-corrected chi connectivity index (χ0v) is 9.89. The minimum Gasteiger partial charge on any atom is -0.348 e. The molecule has 1 saturated heterocycles. The molecular weight excluding hydrogens is 233 g/mol. The number of ether oxygens (including phenoxy) is 2. The normalized spacial score (nSPS) is 25.6. The topological polar surface area (TPSA) is 18.5 Å². The molecule has 1 saturated carbocycles. The van der Waals surface area contributed by atoms with Crippen LogP contribution in [0.1, 0.15) is 44.9 Å². The molecule has 1 spiro atoms. The molecule has 0 amide bonds. The molecule has 0 unspecified atom stereocenters. The van der Waals surface area contributed by atoms with Crippen molar-refractivity contribution >= 4 is 0 Å². The van der Waals surface area contributed by atoms with Gasteiger partial charge < -0.3 is 9.47 Å². The molecule has 17 heavy (non-hydrogen) atoms. The van der Waals surface area contributed by atoms with E-state index in [9.17, 15) is 13.2 Å². The van der Waals surface area contributed by atoms with Gasteiger partial charge in [-0.3, -0.25) is 0 Å². The Kier molecular flexibility index (Phi) is 3.98. The summed E-state index contributed by atoms with van der Waals surface area (Å²) in [5.74, 6) is 0.0244. The third kappa shape index (κ3) is 3.85. The first-order valence-electron chi connectivity index (χ1n) is 6.34. The zero-order chi connectivity index (χ0) is 12.4. The Balaban J connectivity index is 1.65. The maximum atomic E-state index is 12.0. The summed E-state index contributed by atoms with van der Waals surface area (Å²) in [5, 5.41) is 0. The number of hydrogen-bond donors (Lipinski definition) is 0. The smallest absolute Gasteiger partial charge is 0.348 e. The molecule has 0 radical (unpaired) electrons. The first-order chi connectivity index (χ1) is 7.99. The van der Waals surface area contributed by atoms with E-state index in [0.29, 0.717) is 25.6 Å². The maximum Gasteiger partial charge on any atom is 0.389 e. The van der Waals surface area contributed by atoms with Gasteiger partial charge in [-0.15, -0.1) is 0 Å². The molecule has 0 bridgehead atoms.